The van der Waals surface area contributed by atoms with Crippen LogP contribution in [0.2, 0.25) is 0 Å². The number of hydrogen-bond acceptors (Lipinski definition) is 1. The fourth-order valence-electron chi connectivity index (χ4n) is 0.0770. The van der Waals surface area contributed by atoms with Crippen LogP contribution in [0.4, 0.5) is 0 Å². The topological polar surface area (TPSA) is 23.8 Å². The minimum Gasteiger partial charge on any atom is -0.193 e. The van der Waals surface area contributed by atoms with Gasteiger partial charge in [0, 0.05) is 10.6 Å². The second-order valence-corrected chi connectivity index (χ2v) is 1.84. The summed E-state index contributed by atoms with van der Waals surface area (Å²) in [5.74, 6) is 0. The third-order valence-corrected chi connectivity index (χ3v) is 0.968. The van der Waals surface area contributed by atoms with E-state index >= 15 is 0 Å². The summed E-state index contributed by atoms with van der Waals surface area (Å²) in [6, 6.07) is 1.91. The molecule has 0 aliphatic carbocycles. The van der Waals surface area contributed by atoms with Crippen LogP contribution in [0, 0.1) is 11.3 Å². The third kappa shape index (κ3) is 2.24. The summed E-state index contributed by atoms with van der Waals surface area (Å²) in [5, 5.41) is 8.68. The summed E-state index contributed by atoms with van der Waals surface area (Å²) in [7, 11) is 0. The Hall–Kier alpha value is -0.480. The lowest BCUT2D eigenvalue weighted by Gasteiger charge is -1.81. The Kier molecular flexibility index (Phi) is 2.47. The van der Waals surface area contributed by atoms with Crippen LogP contribution < -0.4 is 0 Å². The maximum atomic E-state index is 8.11. The lowest BCUT2D eigenvalue weighted by Crippen LogP contribution is -1.67. The molecule has 0 bridgehead atoms. The summed E-state index contributed by atoms with van der Waals surface area (Å²) in [4.78, 5) is 0. The van der Waals surface area contributed by atoms with E-state index in [9.17, 15) is 0 Å². The molecule has 0 unspecified atom stereocenters. The van der Waals surface area contributed by atoms with Crippen LogP contribution in [0.15, 0.2) is 10.6 Å². The first-order valence-electron chi connectivity index (χ1n) is 1.91. The maximum absolute atomic E-state index is 8.11. The zero-order valence-electron chi connectivity index (χ0n) is 4.33. The SMILES string of the molecule is CC(Cl)=C(C)C#N. The molecule has 0 aromatic heterocycles. The Bertz CT molecular complexity index is 126. The van der Waals surface area contributed by atoms with Gasteiger partial charge in [-0.15, -0.1) is 0 Å². The number of nitriles is 1. The standard InChI is InChI=1S/C5H6ClN/c1-4(3-7)5(2)6/h1-2H3. The predicted molar refractivity (Wildman–Crippen MR) is 29.8 cm³/mol. The summed E-state index contributed by atoms with van der Waals surface area (Å²) in [6.07, 6.45) is 0. The van der Waals surface area contributed by atoms with Crippen molar-refractivity contribution in [3.63, 3.8) is 0 Å². The molecular formula is C5H6ClN. The Balaban J connectivity index is 4.07. The quantitative estimate of drug-likeness (QED) is 0.443. The number of hydrogen-bond donors (Lipinski definition) is 0. The highest BCUT2D eigenvalue weighted by Crippen LogP contribution is 2.04. The molecule has 38 valence electrons. The molecule has 0 aliphatic rings. The van der Waals surface area contributed by atoms with Gasteiger partial charge in [-0.2, -0.15) is 5.26 Å². The van der Waals surface area contributed by atoms with E-state index < -0.39 is 0 Å². The molecule has 0 atom stereocenters. The van der Waals surface area contributed by atoms with Crippen LogP contribution in [0.1, 0.15) is 13.8 Å². The molecule has 1 nitrogen and oxygen atoms in total. The molecule has 7 heavy (non-hydrogen) atoms. The molecular weight excluding hydrogens is 110 g/mol. The third-order valence-electron chi connectivity index (χ3n) is 0.684. The molecule has 0 fully saturated rings. The van der Waals surface area contributed by atoms with E-state index in [1.54, 1.807) is 13.8 Å². The van der Waals surface area contributed by atoms with Crippen molar-refractivity contribution in [2.24, 2.45) is 0 Å². The normalized spacial score (nSPS) is 12.3. The van der Waals surface area contributed by atoms with Crippen LogP contribution >= 0.6 is 11.6 Å². The van der Waals surface area contributed by atoms with Crippen molar-refractivity contribution in [3.05, 3.63) is 10.6 Å². The summed E-state index contributed by atoms with van der Waals surface area (Å²) in [5.41, 5.74) is 0.585. The number of allylic oxidation sites excluding steroid dienone is 2. The van der Waals surface area contributed by atoms with Crippen molar-refractivity contribution in [1.82, 2.24) is 0 Å². The monoisotopic (exact) mass is 115 g/mol. The minimum absolute atomic E-state index is 0.572. The molecule has 0 saturated heterocycles. The van der Waals surface area contributed by atoms with E-state index in [4.69, 9.17) is 16.9 Å². The van der Waals surface area contributed by atoms with Gasteiger partial charge >= 0.3 is 0 Å². The Morgan fingerprint density at radius 1 is 1.57 bits per heavy atom. The molecule has 2 heteroatoms. The Morgan fingerprint density at radius 2 is 2.00 bits per heavy atom. The lowest BCUT2D eigenvalue weighted by molar-refractivity contribution is 1.40. The van der Waals surface area contributed by atoms with Crippen molar-refractivity contribution in [2.45, 2.75) is 13.8 Å². The Labute approximate surface area is 48.2 Å². The largest absolute Gasteiger partial charge is 0.193 e. The van der Waals surface area contributed by atoms with Crippen molar-refractivity contribution in [1.29, 1.82) is 5.26 Å². The van der Waals surface area contributed by atoms with Crippen LogP contribution in [0.5, 0.6) is 0 Å². The van der Waals surface area contributed by atoms with E-state index in [0.29, 0.717) is 10.6 Å². The number of nitrogens with zero attached hydrogens (tertiary/aromatic N) is 1. The molecule has 0 amide bonds. The first-order chi connectivity index (χ1) is 3.18. The fourth-order valence-corrected chi connectivity index (χ4v) is 0.119. The molecule has 0 N–H and O–H groups in total. The zero-order valence-corrected chi connectivity index (χ0v) is 5.08. The summed E-state index contributed by atoms with van der Waals surface area (Å²) in [6.45, 7) is 3.38. The second kappa shape index (κ2) is 2.65. The van der Waals surface area contributed by atoms with Gasteiger partial charge in [0.05, 0.1) is 6.07 Å². The molecule has 0 rings (SSSR count). The number of rotatable bonds is 0. The minimum atomic E-state index is 0.572. The molecule has 0 heterocycles. The first kappa shape index (κ1) is 6.52. The van der Waals surface area contributed by atoms with Gasteiger partial charge in [0.1, 0.15) is 0 Å². The molecule has 0 spiro atoms. The Morgan fingerprint density at radius 3 is 2.00 bits per heavy atom. The van der Waals surface area contributed by atoms with E-state index in [0.717, 1.165) is 0 Å². The molecule has 0 saturated carbocycles. The summed E-state index contributed by atoms with van der Waals surface area (Å²) < 4.78 is 0. The first-order valence-corrected chi connectivity index (χ1v) is 2.29. The summed E-state index contributed by atoms with van der Waals surface area (Å²) >= 11 is 5.39. The van der Waals surface area contributed by atoms with E-state index in [-0.39, 0.29) is 0 Å². The van der Waals surface area contributed by atoms with Gasteiger partial charge in [-0.1, -0.05) is 11.6 Å². The van der Waals surface area contributed by atoms with Crippen LogP contribution in [0.25, 0.3) is 0 Å². The van der Waals surface area contributed by atoms with Crippen molar-refractivity contribution >= 4 is 11.6 Å². The van der Waals surface area contributed by atoms with E-state index in [1.807, 2.05) is 6.07 Å². The van der Waals surface area contributed by atoms with E-state index in [1.165, 1.54) is 0 Å². The van der Waals surface area contributed by atoms with Gasteiger partial charge in [0.2, 0.25) is 0 Å². The second-order valence-electron chi connectivity index (χ2n) is 1.27. The molecule has 0 aromatic carbocycles. The highest BCUT2D eigenvalue weighted by Gasteiger charge is 1.85. The van der Waals surface area contributed by atoms with Gasteiger partial charge in [-0.25, -0.2) is 0 Å². The average Bonchev–Trinajstić information content (AvgIpc) is 1.65. The molecule has 0 aliphatic heterocycles. The van der Waals surface area contributed by atoms with Crippen molar-refractivity contribution in [3.8, 4) is 6.07 Å². The van der Waals surface area contributed by atoms with Gasteiger partial charge in [0.15, 0.2) is 0 Å². The van der Waals surface area contributed by atoms with E-state index in [2.05, 4.69) is 0 Å². The molecule has 0 radical (unpaired) electrons. The highest BCUT2D eigenvalue weighted by molar-refractivity contribution is 6.29. The van der Waals surface area contributed by atoms with Crippen molar-refractivity contribution < 1.29 is 0 Å². The van der Waals surface area contributed by atoms with Crippen LogP contribution in [-0.2, 0) is 0 Å². The lowest BCUT2D eigenvalue weighted by atomic mass is 10.3. The average molecular weight is 116 g/mol. The number of halogens is 1. The van der Waals surface area contributed by atoms with Crippen LogP contribution in [0.3, 0.4) is 0 Å². The van der Waals surface area contributed by atoms with Crippen LogP contribution in [-0.4, -0.2) is 0 Å². The van der Waals surface area contributed by atoms with Crippen molar-refractivity contribution in [2.75, 3.05) is 0 Å². The van der Waals surface area contributed by atoms with Gasteiger partial charge in [-0.05, 0) is 13.8 Å². The highest BCUT2D eigenvalue weighted by atomic mass is 35.5. The molecule has 0 aromatic rings. The smallest absolute Gasteiger partial charge is 0.0956 e. The predicted octanol–water partition coefficient (Wildman–Crippen LogP) is 2.04. The maximum Gasteiger partial charge on any atom is 0.0956 e. The van der Waals surface area contributed by atoms with Gasteiger partial charge in [0.25, 0.3) is 0 Å². The van der Waals surface area contributed by atoms with Gasteiger partial charge < -0.3 is 0 Å². The van der Waals surface area contributed by atoms with Gasteiger partial charge in [-0.3, -0.25) is 0 Å². The zero-order chi connectivity index (χ0) is 5.86. The fraction of sp³-hybridized carbons (Fsp3) is 0.400.